The van der Waals surface area contributed by atoms with Gasteiger partial charge in [-0.25, -0.2) is 0 Å². The molecule has 6 nitrogen and oxygen atoms in total. The molecule has 0 saturated heterocycles. The Bertz CT molecular complexity index is 489. The van der Waals surface area contributed by atoms with Gasteiger partial charge in [0.1, 0.15) is 5.69 Å². The van der Waals surface area contributed by atoms with Gasteiger partial charge in [0.05, 0.1) is 6.61 Å². The van der Waals surface area contributed by atoms with E-state index in [0.29, 0.717) is 30.7 Å². The molecule has 0 fully saturated rings. The normalized spacial score (nSPS) is 10.5. The molecule has 0 amide bonds. The third kappa shape index (κ3) is 3.01. The zero-order valence-electron chi connectivity index (χ0n) is 9.18. The highest BCUT2D eigenvalue weighted by molar-refractivity contribution is 9.10. The van der Waals surface area contributed by atoms with Crippen molar-refractivity contribution >= 4 is 21.9 Å². The van der Waals surface area contributed by atoms with E-state index in [1.54, 1.807) is 13.3 Å². The summed E-state index contributed by atoms with van der Waals surface area (Å²) in [7, 11) is 1.63. The Kier molecular flexibility index (Phi) is 4.05. The fraction of sp³-hybridized carbons (Fsp3) is 0.300. The van der Waals surface area contributed by atoms with Crippen LogP contribution in [0, 0.1) is 0 Å². The second-order valence-electron chi connectivity index (χ2n) is 3.18. The molecule has 0 bridgehead atoms. The van der Waals surface area contributed by atoms with Crippen molar-refractivity contribution in [3.63, 3.8) is 0 Å². The van der Waals surface area contributed by atoms with E-state index in [0.717, 1.165) is 4.47 Å². The lowest BCUT2D eigenvalue weighted by Crippen LogP contribution is -2.07. The topological polar surface area (TPSA) is 73.1 Å². The van der Waals surface area contributed by atoms with Gasteiger partial charge in [0.15, 0.2) is 0 Å². The second kappa shape index (κ2) is 5.74. The van der Waals surface area contributed by atoms with Crippen molar-refractivity contribution in [3.05, 3.63) is 22.8 Å². The maximum absolute atomic E-state index is 5.03. The SMILES string of the molecule is COCCNc1nc(-c2ncccc2Br)no1. The van der Waals surface area contributed by atoms with Crippen molar-refractivity contribution in [3.8, 4) is 11.5 Å². The Labute approximate surface area is 107 Å². The lowest BCUT2D eigenvalue weighted by atomic mass is 10.3. The first-order valence-corrected chi connectivity index (χ1v) is 5.78. The van der Waals surface area contributed by atoms with Gasteiger partial charge in [0, 0.05) is 24.3 Å². The van der Waals surface area contributed by atoms with E-state index < -0.39 is 0 Å². The second-order valence-corrected chi connectivity index (χ2v) is 4.03. The Balaban J connectivity index is 2.10. The third-order valence-electron chi connectivity index (χ3n) is 1.98. The number of nitrogens with one attached hydrogen (secondary N) is 1. The summed E-state index contributed by atoms with van der Waals surface area (Å²) in [5.74, 6) is 0.442. The van der Waals surface area contributed by atoms with Gasteiger partial charge in [-0.3, -0.25) is 4.98 Å². The van der Waals surface area contributed by atoms with Crippen LogP contribution in [0.5, 0.6) is 0 Å². The largest absolute Gasteiger partial charge is 0.383 e. The summed E-state index contributed by atoms with van der Waals surface area (Å²) in [6, 6.07) is 4.05. The first-order valence-electron chi connectivity index (χ1n) is 4.98. The number of hydrogen-bond acceptors (Lipinski definition) is 6. The Morgan fingerprint density at radius 1 is 1.53 bits per heavy atom. The van der Waals surface area contributed by atoms with E-state index in [2.05, 4.69) is 36.4 Å². The van der Waals surface area contributed by atoms with Gasteiger partial charge >= 0.3 is 6.01 Å². The van der Waals surface area contributed by atoms with Crippen molar-refractivity contribution in [1.82, 2.24) is 15.1 Å². The van der Waals surface area contributed by atoms with Crippen LogP contribution in [0.1, 0.15) is 0 Å². The molecule has 0 aliphatic heterocycles. The standard InChI is InChI=1S/C10H11BrN4O2/c1-16-6-5-13-10-14-9(15-17-10)8-7(11)3-2-4-12-8/h2-4H,5-6H2,1H3,(H,13,14,15). The fourth-order valence-corrected chi connectivity index (χ4v) is 1.63. The molecule has 7 heteroatoms. The summed E-state index contributed by atoms with van der Waals surface area (Å²) < 4.78 is 10.8. The molecule has 0 aliphatic carbocycles. The van der Waals surface area contributed by atoms with Crippen molar-refractivity contribution in [2.45, 2.75) is 0 Å². The minimum Gasteiger partial charge on any atom is -0.383 e. The number of ether oxygens (including phenoxy) is 1. The van der Waals surface area contributed by atoms with Gasteiger partial charge in [-0.2, -0.15) is 4.98 Å². The number of pyridine rings is 1. The van der Waals surface area contributed by atoms with Gasteiger partial charge < -0.3 is 14.6 Å². The monoisotopic (exact) mass is 298 g/mol. The molecular formula is C10H11BrN4O2. The number of anilines is 1. The maximum atomic E-state index is 5.03. The minimum absolute atomic E-state index is 0.356. The molecule has 0 aliphatic rings. The van der Waals surface area contributed by atoms with Gasteiger partial charge in [0.25, 0.3) is 0 Å². The number of hydrogen-bond donors (Lipinski definition) is 1. The lowest BCUT2D eigenvalue weighted by Gasteiger charge is -1.97. The Morgan fingerprint density at radius 2 is 2.41 bits per heavy atom. The molecule has 90 valence electrons. The van der Waals surface area contributed by atoms with Crippen LogP contribution >= 0.6 is 15.9 Å². The van der Waals surface area contributed by atoms with Crippen LogP contribution in [0.2, 0.25) is 0 Å². The van der Waals surface area contributed by atoms with Crippen molar-refractivity contribution in [1.29, 1.82) is 0 Å². The van der Waals surface area contributed by atoms with Crippen LogP contribution in [0.15, 0.2) is 27.3 Å². The Morgan fingerprint density at radius 3 is 3.18 bits per heavy atom. The molecule has 2 heterocycles. The summed E-state index contributed by atoms with van der Waals surface area (Å²) in [5, 5.41) is 6.79. The van der Waals surface area contributed by atoms with Crippen LogP contribution < -0.4 is 5.32 Å². The van der Waals surface area contributed by atoms with E-state index in [1.165, 1.54) is 0 Å². The molecule has 0 spiro atoms. The van der Waals surface area contributed by atoms with Crippen molar-refractivity contribution < 1.29 is 9.26 Å². The van der Waals surface area contributed by atoms with E-state index >= 15 is 0 Å². The Hall–Kier alpha value is -1.47. The maximum Gasteiger partial charge on any atom is 0.321 e. The zero-order chi connectivity index (χ0) is 12.1. The predicted octanol–water partition coefficient (Wildman–Crippen LogP) is 1.95. The smallest absolute Gasteiger partial charge is 0.321 e. The molecule has 0 aromatic carbocycles. The highest BCUT2D eigenvalue weighted by Crippen LogP contribution is 2.23. The summed E-state index contributed by atoms with van der Waals surface area (Å²) in [6.07, 6.45) is 1.68. The van der Waals surface area contributed by atoms with Crippen molar-refractivity contribution in [2.75, 3.05) is 25.6 Å². The van der Waals surface area contributed by atoms with Gasteiger partial charge in [0.2, 0.25) is 5.82 Å². The molecule has 0 saturated carbocycles. The molecule has 2 aromatic heterocycles. The lowest BCUT2D eigenvalue weighted by molar-refractivity contribution is 0.210. The van der Waals surface area contributed by atoms with Crippen LogP contribution in [0.25, 0.3) is 11.5 Å². The zero-order valence-corrected chi connectivity index (χ0v) is 10.8. The van der Waals surface area contributed by atoms with Crippen LogP contribution in [-0.4, -0.2) is 35.4 Å². The first kappa shape index (κ1) is 12.0. The molecular weight excluding hydrogens is 288 g/mol. The summed E-state index contributed by atoms with van der Waals surface area (Å²) >= 11 is 3.38. The summed E-state index contributed by atoms with van der Waals surface area (Å²) in [4.78, 5) is 8.35. The molecule has 1 N–H and O–H groups in total. The molecule has 2 rings (SSSR count). The summed E-state index contributed by atoms with van der Waals surface area (Å²) in [5.41, 5.74) is 0.649. The highest BCUT2D eigenvalue weighted by Gasteiger charge is 2.11. The number of methoxy groups -OCH3 is 1. The van der Waals surface area contributed by atoms with Crippen LogP contribution in [-0.2, 0) is 4.74 Å². The van der Waals surface area contributed by atoms with E-state index in [9.17, 15) is 0 Å². The quantitative estimate of drug-likeness (QED) is 0.851. The minimum atomic E-state index is 0.356. The number of halogens is 1. The average molecular weight is 299 g/mol. The van der Waals surface area contributed by atoms with Gasteiger partial charge in [-0.15, -0.1) is 0 Å². The molecule has 0 atom stereocenters. The van der Waals surface area contributed by atoms with Crippen LogP contribution in [0.3, 0.4) is 0 Å². The number of rotatable bonds is 5. The average Bonchev–Trinajstić information content (AvgIpc) is 2.79. The van der Waals surface area contributed by atoms with E-state index in [1.807, 2.05) is 12.1 Å². The van der Waals surface area contributed by atoms with Crippen LogP contribution in [0.4, 0.5) is 6.01 Å². The predicted molar refractivity (Wildman–Crippen MR) is 65.6 cm³/mol. The van der Waals surface area contributed by atoms with E-state index in [-0.39, 0.29) is 0 Å². The fourth-order valence-electron chi connectivity index (χ4n) is 1.20. The molecule has 0 unspecified atom stereocenters. The molecule has 2 aromatic rings. The summed E-state index contributed by atoms with van der Waals surface area (Å²) in [6.45, 7) is 1.19. The third-order valence-corrected chi connectivity index (χ3v) is 2.62. The first-order chi connectivity index (χ1) is 8.31. The van der Waals surface area contributed by atoms with Gasteiger partial charge in [-0.1, -0.05) is 5.16 Å². The number of aromatic nitrogens is 3. The van der Waals surface area contributed by atoms with Gasteiger partial charge in [-0.05, 0) is 28.1 Å². The highest BCUT2D eigenvalue weighted by atomic mass is 79.9. The molecule has 0 radical (unpaired) electrons. The van der Waals surface area contributed by atoms with E-state index in [4.69, 9.17) is 9.26 Å². The molecule has 17 heavy (non-hydrogen) atoms. The number of nitrogens with zero attached hydrogens (tertiary/aromatic N) is 3. The van der Waals surface area contributed by atoms with Crippen molar-refractivity contribution in [2.24, 2.45) is 0 Å².